The van der Waals surface area contributed by atoms with Gasteiger partial charge in [0.05, 0.1) is 5.69 Å². The van der Waals surface area contributed by atoms with Gasteiger partial charge in [0.25, 0.3) is 0 Å². The van der Waals surface area contributed by atoms with Crippen LogP contribution in [0.4, 0.5) is 10.1 Å². The summed E-state index contributed by atoms with van der Waals surface area (Å²) >= 11 is 0. The molecule has 0 radical (unpaired) electrons. The Bertz CT molecular complexity index is 619. The molecule has 0 saturated carbocycles. The molecule has 0 bridgehead atoms. The molecule has 1 aromatic heterocycles. The summed E-state index contributed by atoms with van der Waals surface area (Å²) in [4.78, 5) is 4.05. The summed E-state index contributed by atoms with van der Waals surface area (Å²) in [5.41, 5.74) is 8.37. The SMILES string of the molecule is Cc1ccc(C)n1C(N)=CC=Nc1ccccc1F. The van der Waals surface area contributed by atoms with Crippen LogP contribution in [0.1, 0.15) is 11.4 Å². The number of aromatic nitrogens is 1. The van der Waals surface area contributed by atoms with E-state index in [0.29, 0.717) is 11.5 Å². The third-order valence-corrected chi connectivity index (χ3v) is 2.84. The molecule has 0 aliphatic carbocycles. The summed E-state index contributed by atoms with van der Waals surface area (Å²) in [5.74, 6) is 0.208. The van der Waals surface area contributed by atoms with E-state index in [1.165, 1.54) is 12.3 Å². The first-order chi connectivity index (χ1) is 9.09. The number of nitrogens with zero attached hydrogens (tertiary/aromatic N) is 2. The Hall–Kier alpha value is -2.36. The van der Waals surface area contributed by atoms with E-state index in [1.807, 2.05) is 30.5 Å². The first kappa shape index (κ1) is 13.1. The van der Waals surface area contributed by atoms with Gasteiger partial charge in [-0.05, 0) is 44.2 Å². The lowest BCUT2D eigenvalue weighted by Gasteiger charge is -2.07. The van der Waals surface area contributed by atoms with Crippen LogP contribution in [-0.4, -0.2) is 10.8 Å². The van der Waals surface area contributed by atoms with E-state index >= 15 is 0 Å². The number of para-hydroxylation sites is 1. The van der Waals surface area contributed by atoms with E-state index in [9.17, 15) is 4.39 Å². The molecule has 0 unspecified atom stereocenters. The van der Waals surface area contributed by atoms with Crippen molar-refractivity contribution in [3.05, 3.63) is 59.7 Å². The second-order valence-electron chi connectivity index (χ2n) is 4.27. The average Bonchev–Trinajstić information content (AvgIpc) is 2.71. The monoisotopic (exact) mass is 257 g/mol. The van der Waals surface area contributed by atoms with Crippen LogP contribution in [0.25, 0.3) is 5.82 Å². The first-order valence-corrected chi connectivity index (χ1v) is 5.99. The normalized spacial score (nSPS) is 12.3. The lowest BCUT2D eigenvalue weighted by molar-refractivity contribution is 0.630. The number of hydrogen-bond acceptors (Lipinski definition) is 2. The molecule has 0 spiro atoms. The van der Waals surface area contributed by atoms with Crippen LogP contribution < -0.4 is 5.73 Å². The molecule has 0 aliphatic rings. The topological polar surface area (TPSA) is 43.3 Å². The molecule has 3 nitrogen and oxygen atoms in total. The van der Waals surface area contributed by atoms with Crippen LogP contribution in [0.2, 0.25) is 0 Å². The molecule has 4 heteroatoms. The van der Waals surface area contributed by atoms with Gasteiger partial charge in [-0.1, -0.05) is 12.1 Å². The van der Waals surface area contributed by atoms with Gasteiger partial charge in [-0.25, -0.2) is 4.39 Å². The average molecular weight is 257 g/mol. The summed E-state index contributed by atoms with van der Waals surface area (Å²) in [6.07, 6.45) is 3.17. The van der Waals surface area contributed by atoms with Gasteiger partial charge in [0.15, 0.2) is 0 Å². The molecule has 1 heterocycles. The molecule has 2 N–H and O–H groups in total. The predicted molar refractivity (Wildman–Crippen MR) is 76.9 cm³/mol. The van der Waals surface area contributed by atoms with Gasteiger partial charge in [-0.3, -0.25) is 4.99 Å². The summed E-state index contributed by atoms with van der Waals surface area (Å²) in [6, 6.07) is 10.3. The molecule has 2 aromatic rings. The van der Waals surface area contributed by atoms with Crippen LogP contribution in [0.5, 0.6) is 0 Å². The Morgan fingerprint density at radius 2 is 1.79 bits per heavy atom. The molecule has 0 saturated heterocycles. The number of aliphatic imine (C=N–C) groups is 1. The maximum atomic E-state index is 13.3. The molecular weight excluding hydrogens is 241 g/mol. The second kappa shape index (κ2) is 5.52. The molecule has 0 amide bonds. The second-order valence-corrected chi connectivity index (χ2v) is 4.27. The number of halogens is 1. The lowest BCUT2D eigenvalue weighted by Crippen LogP contribution is -2.09. The molecule has 1 aromatic carbocycles. The number of aryl methyl sites for hydroxylation is 2. The van der Waals surface area contributed by atoms with Gasteiger partial charge in [0, 0.05) is 17.6 Å². The van der Waals surface area contributed by atoms with Crippen LogP contribution in [0.3, 0.4) is 0 Å². The summed E-state index contributed by atoms with van der Waals surface area (Å²) in [5, 5.41) is 0. The number of benzene rings is 1. The first-order valence-electron chi connectivity index (χ1n) is 5.99. The van der Waals surface area contributed by atoms with Crippen molar-refractivity contribution in [2.45, 2.75) is 13.8 Å². The lowest BCUT2D eigenvalue weighted by atomic mass is 10.3. The van der Waals surface area contributed by atoms with E-state index in [4.69, 9.17) is 5.73 Å². The Morgan fingerprint density at radius 1 is 1.16 bits per heavy atom. The molecular formula is C15H16FN3. The maximum absolute atomic E-state index is 13.3. The molecule has 2 rings (SSSR count). The van der Waals surface area contributed by atoms with Crippen molar-refractivity contribution < 1.29 is 4.39 Å². The van der Waals surface area contributed by atoms with Crippen LogP contribution >= 0.6 is 0 Å². The van der Waals surface area contributed by atoms with E-state index in [-0.39, 0.29) is 5.82 Å². The highest BCUT2D eigenvalue weighted by Crippen LogP contribution is 2.16. The molecule has 0 atom stereocenters. The quantitative estimate of drug-likeness (QED) is 0.841. The predicted octanol–water partition coefficient (Wildman–Crippen LogP) is 3.40. The van der Waals surface area contributed by atoms with Crippen molar-refractivity contribution in [2.24, 2.45) is 10.7 Å². The fourth-order valence-corrected chi connectivity index (χ4v) is 1.90. The third kappa shape index (κ3) is 2.91. The van der Waals surface area contributed by atoms with Gasteiger partial charge in [0.2, 0.25) is 0 Å². The highest BCUT2D eigenvalue weighted by molar-refractivity contribution is 5.80. The fraction of sp³-hybridized carbons (Fsp3) is 0.133. The van der Waals surface area contributed by atoms with Crippen molar-refractivity contribution in [1.82, 2.24) is 4.57 Å². The van der Waals surface area contributed by atoms with Gasteiger partial charge in [-0.2, -0.15) is 0 Å². The molecule has 0 aliphatic heterocycles. The van der Waals surface area contributed by atoms with Crippen LogP contribution in [0, 0.1) is 19.7 Å². The Balaban J connectivity index is 2.22. The Kier molecular flexibility index (Phi) is 3.80. The highest BCUT2D eigenvalue weighted by Gasteiger charge is 2.02. The van der Waals surface area contributed by atoms with Crippen molar-refractivity contribution in [2.75, 3.05) is 0 Å². The zero-order chi connectivity index (χ0) is 13.8. The van der Waals surface area contributed by atoms with E-state index in [2.05, 4.69) is 4.99 Å². The summed E-state index contributed by atoms with van der Waals surface area (Å²) < 4.78 is 15.3. The maximum Gasteiger partial charge on any atom is 0.148 e. The van der Waals surface area contributed by atoms with E-state index in [1.54, 1.807) is 24.3 Å². The van der Waals surface area contributed by atoms with Crippen molar-refractivity contribution in [3.8, 4) is 0 Å². The van der Waals surface area contributed by atoms with Crippen LogP contribution in [-0.2, 0) is 0 Å². The van der Waals surface area contributed by atoms with Gasteiger partial charge >= 0.3 is 0 Å². The Labute approximate surface area is 111 Å². The number of hydrogen-bond donors (Lipinski definition) is 1. The van der Waals surface area contributed by atoms with Crippen molar-refractivity contribution in [1.29, 1.82) is 0 Å². The van der Waals surface area contributed by atoms with E-state index < -0.39 is 0 Å². The Morgan fingerprint density at radius 3 is 2.42 bits per heavy atom. The minimum Gasteiger partial charge on any atom is -0.385 e. The van der Waals surface area contributed by atoms with Crippen molar-refractivity contribution >= 4 is 17.7 Å². The standard InChI is InChI=1S/C15H16FN3/c1-11-7-8-12(2)19(11)15(17)9-10-18-14-6-4-3-5-13(14)16/h3-10H,17H2,1-2H3. The number of nitrogens with two attached hydrogens (primary N) is 1. The number of rotatable bonds is 3. The van der Waals surface area contributed by atoms with Gasteiger partial charge in [-0.15, -0.1) is 0 Å². The zero-order valence-corrected chi connectivity index (χ0v) is 11.0. The summed E-state index contributed by atoms with van der Waals surface area (Å²) in [7, 11) is 0. The number of allylic oxidation sites excluding steroid dienone is 1. The van der Waals surface area contributed by atoms with E-state index in [0.717, 1.165) is 11.4 Å². The molecule has 19 heavy (non-hydrogen) atoms. The van der Waals surface area contributed by atoms with Gasteiger partial charge < -0.3 is 10.3 Å². The smallest absolute Gasteiger partial charge is 0.148 e. The molecule has 0 fully saturated rings. The van der Waals surface area contributed by atoms with Gasteiger partial charge in [0.1, 0.15) is 11.6 Å². The highest BCUT2D eigenvalue weighted by atomic mass is 19.1. The molecule has 98 valence electrons. The minimum atomic E-state index is -0.348. The van der Waals surface area contributed by atoms with Crippen molar-refractivity contribution in [3.63, 3.8) is 0 Å². The fourth-order valence-electron chi connectivity index (χ4n) is 1.90. The summed E-state index contributed by atoms with van der Waals surface area (Å²) in [6.45, 7) is 3.95. The largest absolute Gasteiger partial charge is 0.385 e. The zero-order valence-electron chi connectivity index (χ0n) is 11.0. The third-order valence-electron chi connectivity index (χ3n) is 2.84. The van der Waals surface area contributed by atoms with Crippen LogP contribution in [0.15, 0.2) is 47.5 Å². The minimum absolute atomic E-state index is 0.299.